The Morgan fingerprint density at radius 2 is 0.494 bits per heavy atom. The van der Waals surface area contributed by atoms with Gasteiger partial charge in [-0.25, -0.2) is 0 Å². The molecule has 0 aromatic carbocycles. The van der Waals surface area contributed by atoms with Crippen LogP contribution >= 0.6 is 0 Å². The largest absolute Gasteiger partial charge is 0.462 e. The van der Waals surface area contributed by atoms with Crippen LogP contribution in [0.3, 0.4) is 0 Å². The monoisotopic (exact) mass is 1100 g/mol. The first-order chi connectivity index (χ1) is 39.0. The molecule has 0 bridgehead atoms. The number of ether oxygens (including phenoxy) is 3. The Hall–Kier alpha value is -3.15. The van der Waals surface area contributed by atoms with Gasteiger partial charge in [0.1, 0.15) is 13.2 Å². The molecule has 0 amide bonds. The van der Waals surface area contributed by atoms with E-state index in [1.807, 2.05) is 0 Å². The van der Waals surface area contributed by atoms with E-state index in [2.05, 4.69) is 93.7 Å². The average Bonchev–Trinajstić information content (AvgIpc) is 3.45. The molecule has 79 heavy (non-hydrogen) atoms. The lowest BCUT2D eigenvalue weighted by molar-refractivity contribution is -0.167. The highest BCUT2D eigenvalue weighted by Crippen LogP contribution is 2.18. The summed E-state index contributed by atoms with van der Waals surface area (Å²) in [5.74, 6) is -0.879. The fraction of sp³-hybridized carbons (Fsp3) is 0.795. The van der Waals surface area contributed by atoms with Gasteiger partial charge in [0.05, 0.1) is 0 Å². The molecular weight excluding hydrogens is 973 g/mol. The summed E-state index contributed by atoms with van der Waals surface area (Å²) in [6, 6.07) is 0. The molecule has 0 N–H and O–H groups in total. The third-order valence-corrected chi connectivity index (χ3v) is 15.2. The molecular formula is C73H130O6. The molecule has 6 nitrogen and oxygen atoms in total. The van der Waals surface area contributed by atoms with E-state index in [1.54, 1.807) is 0 Å². The van der Waals surface area contributed by atoms with Crippen LogP contribution in [0.25, 0.3) is 0 Å². The van der Waals surface area contributed by atoms with Crippen molar-refractivity contribution >= 4 is 17.9 Å². The molecule has 0 spiro atoms. The Kier molecular flexibility index (Phi) is 64.7. The van der Waals surface area contributed by atoms with Crippen molar-refractivity contribution in [2.24, 2.45) is 0 Å². The summed E-state index contributed by atoms with van der Waals surface area (Å²) in [5.41, 5.74) is 0. The second kappa shape index (κ2) is 67.4. The summed E-state index contributed by atoms with van der Waals surface area (Å²) in [6.45, 7) is 6.56. The maximum Gasteiger partial charge on any atom is 0.306 e. The summed E-state index contributed by atoms with van der Waals surface area (Å²) in [6.07, 6.45) is 87.8. The molecule has 0 heterocycles. The molecule has 1 unspecified atom stereocenters. The van der Waals surface area contributed by atoms with Gasteiger partial charge in [0.25, 0.3) is 0 Å². The lowest BCUT2D eigenvalue weighted by atomic mass is 10.0. The SMILES string of the molecule is CC/C=C\C/C=C\C/C=C\C/C=C\C/C=C\CCCCCCCCCC(=O)OC(COC(=O)CCCCCCC/C=C\CCCCCCC)COC(=O)CCCCCCCCCCCCCCCCCCCCCCCCCC. The van der Waals surface area contributed by atoms with Crippen molar-refractivity contribution in [1.29, 1.82) is 0 Å². The molecule has 0 saturated heterocycles. The van der Waals surface area contributed by atoms with Crippen molar-refractivity contribution in [3.05, 3.63) is 72.9 Å². The second-order valence-corrected chi connectivity index (χ2v) is 23.1. The van der Waals surface area contributed by atoms with Crippen LogP contribution in [0.2, 0.25) is 0 Å². The van der Waals surface area contributed by atoms with Crippen LogP contribution in [0.5, 0.6) is 0 Å². The first-order valence-electron chi connectivity index (χ1n) is 34.4. The van der Waals surface area contributed by atoms with Gasteiger partial charge in [-0.3, -0.25) is 14.4 Å². The van der Waals surface area contributed by atoms with Crippen molar-refractivity contribution < 1.29 is 28.6 Å². The van der Waals surface area contributed by atoms with Gasteiger partial charge in [-0.15, -0.1) is 0 Å². The van der Waals surface area contributed by atoms with Crippen molar-refractivity contribution in [2.75, 3.05) is 13.2 Å². The molecule has 0 saturated carbocycles. The van der Waals surface area contributed by atoms with Crippen molar-refractivity contribution in [2.45, 2.75) is 361 Å². The van der Waals surface area contributed by atoms with Crippen LogP contribution < -0.4 is 0 Å². The number of hydrogen-bond acceptors (Lipinski definition) is 6. The normalized spacial score (nSPS) is 12.5. The third-order valence-electron chi connectivity index (χ3n) is 15.2. The number of esters is 3. The van der Waals surface area contributed by atoms with E-state index >= 15 is 0 Å². The first-order valence-corrected chi connectivity index (χ1v) is 34.4. The van der Waals surface area contributed by atoms with Gasteiger partial charge < -0.3 is 14.2 Å². The van der Waals surface area contributed by atoms with E-state index in [0.717, 1.165) is 103 Å². The van der Waals surface area contributed by atoms with Gasteiger partial charge in [-0.1, -0.05) is 318 Å². The van der Waals surface area contributed by atoms with Gasteiger partial charge in [0, 0.05) is 19.3 Å². The summed E-state index contributed by atoms with van der Waals surface area (Å²) in [7, 11) is 0. The van der Waals surface area contributed by atoms with Crippen LogP contribution in [0.15, 0.2) is 72.9 Å². The number of hydrogen-bond donors (Lipinski definition) is 0. The molecule has 0 aromatic heterocycles. The Balaban J connectivity index is 4.32. The fourth-order valence-electron chi connectivity index (χ4n) is 10.1. The Labute approximate surface area is 491 Å². The number of carbonyl (C=O) groups is 3. The third kappa shape index (κ3) is 65.5. The summed E-state index contributed by atoms with van der Waals surface area (Å²) < 4.78 is 17.0. The standard InChI is InChI=1S/C73H130O6/c1-4-7-10-13-16-19-22-25-28-30-32-34-36-38-39-41-43-45-48-51-54-57-60-63-66-72(75)78-69-70(68-77-71(74)65-62-59-56-53-50-47-27-24-21-18-15-12-9-6-3)79-73(76)67-64-61-58-55-52-49-46-44-42-40-37-35-33-31-29-26-23-20-17-14-11-8-5-2/h8,11,17,20,24,26-27,29,33,35,40,42,70H,4-7,9-10,12-16,18-19,21-23,25,28,30-32,34,36-39,41,43-69H2,1-3H3/b11-8-,20-17-,27-24-,29-26-,35-33-,42-40-. The highest BCUT2D eigenvalue weighted by atomic mass is 16.6. The zero-order chi connectivity index (χ0) is 57.1. The summed E-state index contributed by atoms with van der Waals surface area (Å²) in [5, 5.41) is 0. The molecule has 0 aliphatic rings. The molecule has 0 radical (unpaired) electrons. The van der Waals surface area contributed by atoms with E-state index < -0.39 is 6.10 Å². The Morgan fingerprint density at radius 1 is 0.266 bits per heavy atom. The predicted octanol–water partition coefficient (Wildman–Crippen LogP) is 23.7. The van der Waals surface area contributed by atoms with Crippen LogP contribution in [0, 0.1) is 0 Å². The molecule has 458 valence electrons. The highest BCUT2D eigenvalue weighted by molar-refractivity contribution is 5.71. The van der Waals surface area contributed by atoms with Gasteiger partial charge in [0.15, 0.2) is 6.10 Å². The average molecular weight is 1100 g/mol. The molecule has 0 fully saturated rings. The topological polar surface area (TPSA) is 78.9 Å². The molecule has 0 rings (SSSR count). The quantitative estimate of drug-likeness (QED) is 0.0261. The van der Waals surface area contributed by atoms with Gasteiger partial charge in [-0.2, -0.15) is 0 Å². The van der Waals surface area contributed by atoms with Crippen LogP contribution in [0.4, 0.5) is 0 Å². The predicted molar refractivity (Wildman–Crippen MR) is 344 cm³/mol. The first kappa shape index (κ1) is 75.8. The lowest BCUT2D eigenvalue weighted by Crippen LogP contribution is -2.30. The number of rotatable bonds is 63. The lowest BCUT2D eigenvalue weighted by Gasteiger charge is -2.18. The summed E-state index contributed by atoms with van der Waals surface area (Å²) >= 11 is 0. The van der Waals surface area contributed by atoms with Crippen molar-refractivity contribution in [1.82, 2.24) is 0 Å². The molecule has 6 heteroatoms. The number of carbonyl (C=O) groups excluding carboxylic acids is 3. The van der Waals surface area contributed by atoms with E-state index in [-0.39, 0.29) is 31.1 Å². The minimum Gasteiger partial charge on any atom is -0.462 e. The molecule has 0 aliphatic heterocycles. The maximum absolute atomic E-state index is 12.9. The zero-order valence-corrected chi connectivity index (χ0v) is 52.6. The van der Waals surface area contributed by atoms with Gasteiger partial charge >= 0.3 is 17.9 Å². The minimum atomic E-state index is -0.785. The van der Waals surface area contributed by atoms with E-state index in [9.17, 15) is 14.4 Å². The Bertz CT molecular complexity index is 1450. The fourth-order valence-corrected chi connectivity index (χ4v) is 10.1. The smallest absolute Gasteiger partial charge is 0.306 e. The van der Waals surface area contributed by atoms with Crippen molar-refractivity contribution in [3.8, 4) is 0 Å². The highest BCUT2D eigenvalue weighted by Gasteiger charge is 2.19. The maximum atomic E-state index is 12.9. The molecule has 1 atom stereocenters. The van der Waals surface area contributed by atoms with Crippen molar-refractivity contribution in [3.63, 3.8) is 0 Å². The number of allylic oxidation sites excluding steroid dienone is 12. The molecule has 0 aromatic rings. The Morgan fingerprint density at radius 3 is 0.785 bits per heavy atom. The second-order valence-electron chi connectivity index (χ2n) is 23.1. The van der Waals surface area contributed by atoms with Crippen LogP contribution in [-0.4, -0.2) is 37.2 Å². The minimum absolute atomic E-state index is 0.0792. The number of unbranched alkanes of at least 4 members (excludes halogenated alkanes) is 40. The zero-order valence-electron chi connectivity index (χ0n) is 52.6. The van der Waals surface area contributed by atoms with E-state index in [4.69, 9.17) is 14.2 Å². The summed E-state index contributed by atoms with van der Waals surface area (Å²) in [4.78, 5) is 38.4. The molecule has 0 aliphatic carbocycles. The van der Waals surface area contributed by atoms with E-state index in [1.165, 1.54) is 212 Å². The van der Waals surface area contributed by atoms with E-state index in [0.29, 0.717) is 19.3 Å². The van der Waals surface area contributed by atoms with Crippen LogP contribution in [-0.2, 0) is 28.6 Å². The van der Waals surface area contributed by atoms with Crippen LogP contribution in [0.1, 0.15) is 355 Å². The van der Waals surface area contributed by atoms with Gasteiger partial charge in [-0.05, 0) is 89.9 Å². The van der Waals surface area contributed by atoms with Gasteiger partial charge in [0.2, 0.25) is 0 Å².